The van der Waals surface area contributed by atoms with Crippen LogP contribution in [0.2, 0.25) is 0 Å². The SMILES string of the molecule is CC1CCC2CC=CC=C2N1. The Morgan fingerprint density at radius 3 is 3.27 bits per heavy atom. The fourth-order valence-electron chi connectivity index (χ4n) is 1.92. The van der Waals surface area contributed by atoms with Gasteiger partial charge in [-0.25, -0.2) is 0 Å². The lowest BCUT2D eigenvalue weighted by Crippen LogP contribution is -2.35. The van der Waals surface area contributed by atoms with E-state index < -0.39 is 0 Å². The van der Waals surface area contributed by atoms with Gasteiger partial charge in [-0.05, 0) is 32.3 Å². The van der Waals surface area contributed by atoms with E-state index in [4.69, 9.17) is 0 Å². The van der Waals surface area contributed by atoms with Crippen molar-refractivity contribution in [2.45, 2.75) is 32.2 Å². The predicted octanol–water partition coefficient (Wildman–Crippen LogP) is 2.22. The van der Waals surface area contributed by atoms with Gasteiger partial charge in [-0.3, -0.25) is 0 Å². The Kier molecular flexibility index (Phi) is 1.72. The van der Waals surface area contributed by atoms with Crippen molar-refractivity contribution in [1.29, 1.82) is 0 Å². The second-order valence-electron chi connectivity index (χ2n) is 3.61. The van der Waals surface area contributed by atoms with Crippen molar-refractivity contribution in [1.82, 2.24) is 5.32 Å². The van der Waals surface area contributed by atoms with E-state index in [0.29, 0.717) is 6.04 Å². The van der Waals surface area contributed by atoms with Crippen LogP contribution >= 0.6 is 0 Å². The first-order chi connectivity index (χ1) is 5.36. The smallest absolute Gasteiger partial charge is 0.0230 e. The van der Waals surface area contributed by atoms with E-state index in [-0.39, 0.29) is 0 Å². The summed E-state index contributed by atoms with van der Waals surface area (Å²) in [5.74, 6) is 0.802. The van der Waals surface area contributed by atoms with E-state index in [9.17, 15) is 0 Å². The first kappa shape index (κ1) is 6.96. The highest BCUT2D eigenvalue weighted by atomic mass is 14.9. The van der Waals surface area contributed by atoms with Gasteiger partial charge in [-0.1, -0.05) is 12.2 Å². The highest BCUT2D eigenvalue weighted by Crippen LogP contribution is 2.28. The van der Waals surface area contributed by atoms with E-state index in [1.165, 1.54) is 25.0 Å². The van der Waals surface area contributed by atoms with Crippen molar-refractivity contribution in [3.63, 3.8) is 0 Å². The monoisotopic (exact) mass is 149 g/mol. The third-order valence-corrected chi connectivity index (χ3v) is 2.63. The second-order valence-corrected chi connectivity index (χ2v) is 3.61. The van der Waals surface area contributed by atoms with E-state index in [1.807, 2.05) is 0 Å². The molecule has 2 unspecified atom stereocenters. The number of allylic oxidation sites excluding steroid dienone is 4. The maximum atomic E-state index is 3.53. The van der Waals surface area contributed by atoms with Crippen LogP contribution < -0.4 is 5.32 Å². The number of rotatable bonds is 0. The summed E-state index contributed by atoms with van der Waals surface area (Å²) in [5.41, 5.74) is 1.46. The molecule has 2 rings (SSSR count). The average Bonchev–Trinajstić information content (AvgIpc) is 2.04. The number of hydrogen-bond acceptors (Lipinski definition) is 1. The zero-order chi connectivity index (χ0) is 7.68. The van der Waals surface area contributed by atoms with Gasteiger partial charge in [0.2, 0.25) is 0 Å². The molecule has 1 heterocycles. The summed E-state index contributed by atoms with van der Waals surface area (Å²) < 4.78 is 0. The van der Waals surface area contributed by atoms with Crippen LogP contribution in [0, 0.1) is 5.92 Å². The van der Waals surface area contributed by atoms with Gasteiger partial charge >= 0.3 is 0 Å². The Morgan fingerprint density at radius 1 is 1.45 bits per heavy atom. The molecule has 0 saturated carbocycles. The molecule has 1 aliphatic heterocycles. The molecular weight excluding hydrogens is 134 g/mol. The predicted molar refractivity (Wildman–Crippen MR) is 47.2 cm³/mol. The van der Waals surface area contributed by atoms with Gasteiger partial charge < -0.3 is 5.32 Å². The lowest BCUT2D eigenvalue weighted by molar-refractivity contribution is 0.381. The van der Waals surface area contributed by atoms with Crippen molar-refractivity contribution >= 4 is 0 Å². The summed E-state index contributed by atoms with van der Waals surface area (Å²) >= 11 is 0. The largest absolute Gasteiger partial charge is 0.386 e. The lowest BCUT2D eigenvalue weighted by Gasteiger charge is -2.32. The van der Waals surface area contributed by atoms with Gasteiger partial charge in [0.25, 0.3) is 0 Å². The summed E-state index contributed by atoms with van der Waals surface area (Å²) in [6.07, 6.45) is 10.6. The first-order valence-corrected chi connectivity index (χ1v) is 4.49. The van der Waals surface area contributed by atoms with Crippen molar-refractivity contribution < 1.29 is 0 Å². The molecule has 1 N–H and O–H groups in total. The van der Waals surface area contributed by atoms with Crippen LogP contribution in [0.1, 0.15) is 26.2 Å². The number of hydrogen-bond donors (Lipinski definition) is 1. The highest BCUT2D eigenvalue weighted by molar-refractivity contribution is 5.21. The van der Waals surface area contributed by atoms with Crippen molar-refractivity contribution in [2.24, 2.45) is 5.92 Å². The Morgan fingerprint density at radius 2 is 2.36 bits per heavy atom. The van der Waals surface area contributed by atoms with Gasteiger partial charge in [0, 0.05) is 17.7 Å². The Bertz CT molecular complexity index is 203. The quantitative estimate of drug-likeness (QED) is 0.557. The third kappa shape index (κ3) is 1.32. The molecule has 0 bridgehead atoms. The number of fused-ring (bicyclic) bond motifs is 1. The molecule has 0 aromatic rings. The molecule has 1 saturated heterocycles. The number of nitrogens with one attached hydrogen (secondary N) is 1. The summed E-state index contributed by atoms with van der Waals surface area (Å²) in [5, 5.41) is 3.53. The minimum atomic E-state index is 0.684. The van der Waals surface area contributed by atoms with Crippen LogP contribution in [0.5, 0.6) is 0 Å². The van der Waals surface area contributed by atoms with Gasteiger partial charge in [-0.15, -0.1) is 0 Å². The summed E-state index contributed by atoms with van der Waals surface area (Å²) in [6.45, 7) is 2.26. The molecule has 0 radical (unpaired) electrons. The topological polar surface area (TPSA) is 12.0 Å². The Balaban J connectivity index is 2.12. The van der Waals surface area contributed by atoms with E-state index in [0.717, 1.165) is 5.92 Å². The molecule has 11 heavy (non-hydrogen) atoms. The van der Waals surface area contributed by atoms with Gasteiger partial charge in [0.15, 0.2) is 0 Å². The molecule has 2 aliphatic rings. The zero-order valence-corrected chi connectivity index (χ0v) is 7.01. The average molecular weight is 149 g/mol. The summed E-state index contributed by atoms with van der Waals surface area (Å²) in [7, 11) is 0. The molecule has 0 spiro atoms. The third-order valence-electron chi connectivity index (χ3n) is 2.63. The maximum absolute atomic E-state index is 3.53. The van der Waals surface area contributed by atoms with Crippen molar-refractivity contribution in [3.8, 4) is 0 Å². The Labute approximate surface area is 68.2 Å². The van der Waals surface area contributed by atoms with Crippen LogP contribution in [-0.4, -0.2) is 6.04 Å². The lowest BCUT2D eigenvalue weighted by atomic mass is 9.87. The van der Waals surface area contributed by atoms with Crippen LogP contribution in [0.4, 0.5) is 0 Å². The fraction of sp³-hybridized carbons (Fsp3) is 0.600. The zero-order valence-electron chi connectivity index (χ0n) is 7.01. The van der Waals surface area contributed by atoms with E-state index in [2.05, 4.69) is 30.5 Å². The molecule has 1 nitrogen and oxygen atoms in total. The molecular formula is C10H15N. The second kappa shape index (κ2) is 2.72. The maximum Gasteiger partial charge on any atom is 0.0230 e. The molecule has 1 heteroatoms. The normalized spacial score (nSPS) is 35.5. The van der Waals surface area contributed by atoms with E-state index in [1.54, 1.807) is 0 Å². The molecule has 1 aliphatic carbocycles. The van der Waals surface area contributed by atoms with Gasteiger partial charge in [-0.2, -0.15) is 0 Å². The van der Waals surface area contributed by atoms with Crippen molar-refractivity contribution in [2.75, 3.05) is 0 Å². The molecule has 0 aromatic carbocycles. The minimum Gasteiger partial charge on any atom is -0.386 e. The molecule has 60 valence electrons. The summed E-state index contributed by atoms with van der Waals surface area (Å²) in [4.78, 5) is 0. The van der Waals surface area contributed by atoms with Crippen LogP contribution in [0.15, 0.2) is 23.9 Å². The van der Waals surface area contributed by atoms with E-state index >= 15 is 0 Å². The summed E-state index contributed by atoms with van der Waals surface area (Å²) in [6, 6.07) is 0.684. The van der Waals surface area contributed by atoms with Crippen LogP contribution in [-0.2, 0) is 0 Å². The minimum absolute atomic E-state index is 0.684. The molecule has 2 atom stereocenters. The first-order valence-electron chi connectivity index (χ1n) is 4.49. The van der Waals surface area contributed by atoms with Crippen LogP contribution in [0.25, 0.3) is 0 Å². The van der Waals surface area contributed by atoms with Crippen LogP contribution in [0.3, 0.4) is 0 Å². The fourth-order valence-corrected chi connectivity index (χ4v) is 1.92. The number of piperidine rings is 1. The van der Waals surface area contributed by atoms with Gasteiger partial charge in [0.05, 0.1) is 0 Å². The molecule has 0 amide bonds. The standard InChI is InChI=1S/C10H15N/c1-8-6-7-9-4-2-3-5-10(9)11-8/h2-3,5,8-9,11H,4,6-7H2,1H3. The molecule has 1 fully saturated rings. The highest BCUT2D eigenvalue weighted by Gasteiger charge is 2.21. The van der Waals surface area contributed by atoms with Gasteiger partial charge in [0.1, 0.15) is 0 Å². The Hall–Kier alpha value is -0.720. The van der Waals surface area contributed by atoms with Crippen molar-refractivity contribution in [3.05, 3.63) is 23.9 Å². The molecule has 0 aromatic heterocycles.